The predicted octanol–water partition coefficient (Wildman–Crippen LogP) is 3.13. The van der Waals surface area contributed by atoms with Gasteiger partial charge in [-0.25, -0.2) is 4.98 Å². The fourth-order valence-electron chi connectivity index (χ4n) is 1.09. The van der Waals surface area contributed by atoms with Crippen LogP contribution in [0.4, 0.5) is 5.13 Å². The van der Waals surface area contributed by atoms with Gasteiger partial charge in [-0.1, -0.05) is 19.8 Å². The molecule has 0 saturated carbocycles. The maximum Gasteiger partial charge on any atom is 0.182 e. The highest BCUT2D eigenvalue weighted by molar-refractivity contribution is 7.13. The predicted molar refractivity (Wildman–Crippen MR) is 54.7 cm³/mol. The van der Waals surface area contributed by atoms with Gasteiger partial charge in [-0.05, 0) is 13.3 Å². The zero-order valence-corrected chi connectivity index (χ0v) is 8.53. The molecule has 1 N–H and O–H groups in total. The Bertz CT molecular complexity index is 196. The second kappa shape index (κ2) is 5.14. The summed E-state index contributed by atoms with van der Waals surface area (Å²) in [5, 5.41) is 6.40. The fraction of sp³-hybridized carbons (Fsp3) is 0.667. The number of anilines is 1. The van der Waals surface area contributed by atoms with Crippen LogP contribution in [-0.4, -0.2) is 11.0 Å². The molecule has 0 aromatic carbocycles. The van der Waals surface area contributed by atoms with E-state index in [0.717, 1.165) is 5.13 Å². The molecule has 0 amide bonds. The number of hydrogen-bond donors (Lipinski definition) is 1. The van der Waals surface area contributed by atoms with Crippen molar-refractivity contribution >= 4 is 16.5 Å². The maximum absolute atomic E-state index is 4.17. The molecule has 0 radical (unpaired) electrons. The molecule has 68 valence electrons. The topological polar surface area (TPSA) is 24.9 Å². The molecule has 3 heteroatoms. The largest absolute Gasteiger partial charge is 0.359 e. The number of thiazole rings is 1. The monoisotopic (exact) mass is 184 g/mol. The molecular weight excluding hydrogens is 168 g/mol. The summed E-state index contributed by atoms with van der Waals surface area (Å²) in [5.74, 6) is 0. The summed E-state index contributed by atoms with van der Waals surface area (Å²) in [4.78, 5) is 4.17. The van der Waals surface area contributed by atoms with Gasteiger partial charge < -0.3 is 5.32 Å². The lowest BCUT2D eigenvalue weighted by molar-refractivity contribution is 0.645. The van der Waals surface area contributed by atoms with Crippen LogP contribution in [0.5, 0.6) is 0 Å². The second-order valence-corrected chi connectivity index (χ2v) is 3.92. The standard InChI is InChI=1S/C9H16N2S/c1-3-4-5-8(2)11-9-10-6-7-12-9/h6-8H,3-5H2,1-2H3,(H,10,11). The molecule has 0 aliphatic heterocycles. The first-order valence-corrected chi connectivity index (χ1v) is 5.37. The normalized spacial score (nSPS) is 12.8. The number of unbranched alkanes of at least 4 members (excludes halogenated alkanes) is 1. The Morgan fingerprint density at radius 1 is 1.67 bits per heavy atom. The zero-order valence-electron chi connectivity index (χ0n) is 7.71. The van der Waals surface area contributed by atoms with Gasteiger partial charge in [0.15, 0.2) is 5.13 Å². The highest BCUT2D eigenvalue weighted by Gasteiger charge is 2.01. The highest BCUT2D eigenvalue weighted by Crippen LogP contribution is 2.13. The van der Waals surface area contributed by atoms with Crippen LogP contribution in [0.15, 0.2) is 11.6 Å². The number of hydrogen-bond acceptors (Lipinski definition) is 3. The minimum atomic E-state index is 0.552. The first-order chi connectivity index (χ1) is 5.83. The van der Waals surface area contributed by atoms with Crippen molar-refractivity contribution in [1.29, 1.82) is 0 Å². The molecule has 1 aromatic rings. The van der Waals surface area contributed by atoms with Crippen molar-refractivity contribution in [2.75, 3.05) is 5.32 Å². The van der Waals surface area contributed by atoms with Crippen molar-refractivity contribution in [2.45, 2.75) is 39.2 Å². The van der Waals surface area contributed by atoms with Crippen LogP contribution in [0.25, 0.3) is 0 Å². The number of nitrogens with zero attached hydrogens (tertiary/aromatic N) is 1. The van der Waals surface area contributed by atoms with Gasteiger partial charge in [-0.2, -0.15) is 0 Å². The molecule has 1 unspecified atom stereocenters. The lowest BCUT2D eigenvalue weighted by Crippen LogP contribution is -2.14. The van der Waals surface area contributed by atoms with Crippen LogP contribution in [0.2, 0.25) is 0 Å². The third-order valence-electron chi connectivity index (χ3n) is 1.79. The SMILES string of the molecule is CCCCC(C)Nc1nccs1. The quantitative estimate of drug-likeness (QED) is 0.760. The molecule has 1 aromatic heterocycles. The lowest BCUT2D eigenvalue weighted by Gasteiger charge is -2.11. The Kier molecular flexibility index (Phi) is 4.08. The van der Waals surface area contributed by atoms with Gasteiger partial charge in [-0.3, -0.25) is 0 Å². The smallest absolute Gasteiger partial charge is 0.182 e. The molecule has 0 bridgehead atoms. The van der Waals surface area contributed by atoms with Gasteiger partial charge in [-0.15, -0.1) is 11.3 Å². The van der Waals surface area contributed by atoms with Crippen LogP contribution in [-0.2, 0) is 0 Å². The van der Waals surface area contributed by atoms with E-state index in [0.29, 0.717) is 6.04 Å². The Balaban J connectivity index is 2.22. The van der Waals surface area contributed by atoms with E-state index in [1.54, 1.807) is 11.3 Å². The molecule has 2 nitrogen and oxygen atoms in total. The van der Waals surface area contributed by atoms with Crippen molar-refractivity contribution in [2.24, 2.45) is 0 Å². The summed E-state index contributed by atoms with van der Waals surface area (Å²) in [6.07, 6.45) is 5.62. The van der Waals surface area contributed by atoms with Crippen LogP contribution in [0, 0.1) is 0 Å². The van der Waals surface area contributed by atoms with Gasteiger partial charge in [0.1, 0.15) is 0 Å². The summed E-state index contributed by atoms with van der Waals surface area (Å²) in [6, 6.07) is 0.552. The molecule has 1 heterocycles. The lowest BCUT2D eigenvalue weighted by atomic mass is 10.1. The summed E-state index contributed by atoms with van der Waals surface area (Å²) in [5.41, 5.74) is 0. The van der Waals surface area contributed by atoms with Crippen molar-refractivity contribution in [3.8, 4) is 0 Å². The third-order valence-corrected chi connectivity index (χ3v) is 2.50. The van der Waals surface area contributed by atoms with E-state index in [1.165, 1.54) is 19.3 Å². The number of rotatable bonds is 5. The van der Waals surface area contributed by atoms with Crippen LogP contribution in [0.1, 0.15) is 33.1 Å². The van der Waals surface area contributed by atoms with Crippen molar-refractivity contribution in [1.82, 2.24) is 4.98 Å². The van der Waals surface area contributed by atoms with E-state index < -0.39 is 0 Å². The number of aromatic nitrogens is 1. The summed E-state index contributed by atoms with van der Waals surface area (Å²) < 4.78 is 0. The zero-order chi connectivity index (χ0) is 8.81. The Morgan fingerprint density at radius 3 is 3.08 bits per heavy atom. The molecule has 0 spiro atoms. The fourth-order valence-corrected chi connectivity index (χ4v) is 1.73. The van der Waals surface area contributed by atoms with Crippen LogP contribution in [0.3, 0.4) is 0 Å². The summed E-state index contributed by atoms with van der Waals surface area (Å²) in [6.45, 7) is 4.42. The Labute approximate surface area is 78.0 Å². The maximum atomic E-state index is 4.17. The van der Waals surface area contributed by atoms with Gasteiger partial charge >= 0.3 is 0 Å². The minimum Gasteiger partial charge on any atom is -0.359 e. The average molecular weight is 184 g/mol. The molecule has 0 fully saturated rings. The molecule has 1 rings (SSSR count). The van der Waals surface area contributed by atoms with Gasteiger partial charge in [0.25, 0.3) is 0 Å². The molecule has 1 atom stereocenters. The van der Waals surface area contributed by atoms with E-state index in [2.05, 4.69) is 24.1 Å². The third kappa shape index (κ3) is 3.22. The molecular formula is C9H16N2S. The van der Waals surface area contributed by atoms with Gasteiger partial charge in [0.2, 0.25) is 0 Å². The second-order valence-electron chi connectivity index (χ2n) is 3.02. The minimum absolute atomic E-state index is 0.552. The number of nitrogens with one attached hydrogen (secondary N) is 1. The van der Waals surface area contributed by atoms with Crippen molar-refractivity contribution < 1.29 is 0 Å². The first kappa shape index (κ1) is 9.52. The van der Waals surface area contributed by atoms with E-state index >= 15 is 0 Å². The Morgan fingerprint density at radius 2 is 2.50 bits per heavy atom. The van der Waals surface area contributed by atoms with Gasteiger partial charge in [0, 0.05) is 17.6 Å². The summed E-state index contributed by atoms with van der Waals surface area (Å²) in [7, 11) is 0. The van der Waals surface area contributed by atoms with Crippen LogP contribution < -0.4 is 5.32 Å². The van der Waals surface area contributed by atoms with E-state index in [4.69, 9.17) is 0 Å². The van der Waals surface area contributed by atoms with E-state index in [9.17, 15) is 0 Å². The molecule has 0 aliphatic rings. The average Bonchev–Trinajstić information content (AvgIpc) is 2.53. The van der Waals surface area contributed by atoms with E-state index in [1.807, 2.05) is 11.6 Å². The molecule has 12 heavy (non-hydrogen) atoms. The highest BCUT2D eigenvalue weighted by atomic mass is 32.1. The van der Waals surface area contributed by atoms with Crippen molar-refractivity contribution in [3.63, 3.8) is 0 Å². The van der Waals surface area contributed by atoms with E-state index in [-0.39, 0.29) is 0 Å². The summed E-state index contributed by atoms with van der Waals surface area (Å²) >= 11 is 1.66. The molecule has 0 aliphatic carbocycles. The first-order valence-electron chi connectivity index (χ1n) is 4.49. The Hall–Kier alpha value is -0.570. The van der Waals surface area contributed by atoms with Gasteiger partial charge in [0.05, 0.1) is 0 Å². The van der Waals surface area contributed by atoms with Crippen LogP contribution >= 0.6 is 11.3 Å². The molecule has 0 saturated heterocycles. The van der Waals surface area contributed by atoms with Crippen molar-refractivity contribution in [3.05, 3.63) is 11.6 Å².